The SMILES string of the molecule is CC(=O)N[C@H]1C(C(O)[C@H](O)CNC(=O)CCCCCCC(C)n2cc(COCCOc3ccc(C(=O)N4CCC4=O)cc3)nn2)OC(C)=C[C@@H]1NC(=N)N. The predicted molar refractivity (Wildman–Crippen MR) is 195 cm³/mol. The van der Waals surface area contributed by atoms with Crippen molar-refractivity contribution in [1.29, 1.82) is 5.41 Å². The van der Waals surface area contributed by atoms with Gasteiger partial charge >= 0.3 is 0 Å². The van der Waals surface area contributed by atoms with E-state index >= 15 is 0 Å². The van der Waals surface area contributed by atoms with Crippen molar-refractivity contribution in [2.45, 2.75) is 109 Å². The van der Waals surface area contributed by atoms with Crippen molar-refractivity contribution in [3.8, 4) is 5.75 Å². The molecule has 0 aliphatic carbocycles. The number of allylic oxidation sites excluding steroid dienone is 1. The molecule has 2 aliphatic heterocycles. The first-order valence-corrected chi connectivity index (χ1v) is 18.2. The number of hydrogen-bond donors (Lipinski definition) is 7. The fourth-order valence-electron chi connectivity index (χ4n) is 6.11. The maximum atomic E-state index is 12.5. The molecule has 3 unspecified atom stereocenters. The average Bonchev–Trinajstić information content (AvgIpc) is 3.60. The molecule has 2 aliphatic rings. The van der Waals surface area contributed by atoms with E-state index in [-0.39, 0.29) is 49.3 Å². The monoisotopic (exact) mass is 755 g/mol. The van der Waals surface area contributed by atoms with Crippen molar-refractivity contribution in [3.63, 3.8) is 0 Å². The van der Waals surface area contributed by atoms with Crippen molar-refractivity contribution in [1.82, 2.24) is 35.8 Å². The molecule has 4 amide bonds. The van der Waals surface area contributed by atoms with E-state index in [1.165, 1.54) is 11.8 Å². The lowest BCUT2D eigenvalue weighted by atomic mass is 9.92. The van der Waals surface area contributed by atoms with Crippen LogP contribution in [0.4, 0.5) is 0 Å². The highest BCUT2D eigenvalue weighted by Gasteiger charge is 2.42. The Morgan fingerprint density at radius 1 is 1.11 bits per heavy atom. The molecule has 296 valence electrons. The molecule has 0 bridgehead atoms. The number of rotatable bonds is 21. The maximum Gasteiger partial charge on any atom is 0.260 e. The highest BCUT2D eigenvalue weighted by molar-refractivity contribution is 6.07. The number of aromatic nitrogens is 3. The van der Waals surface area contributed by atoms with Crippen LogP contribution in [0.25, 0.3) is 0 Å². The number of nitrogens with two attached hydrogens (primary N) is 1. The minimum absolute atomic E-state index is 0.131. The number of hydrogen-bond acceptors (Lipinski definition) is 12. The number of nitrogens with one attached hydrogen (secondary N) is 4. The van der Waals surface area contributed by atoms with E-state index in [0.717, 1.165) is 25.7 Å². The van der Waals surface area contributed by atoms with Gasteiger partial charge in [0.25, 0.3) is 5.91 Å². The number of benzene rings is 1. The number of carbonyl (C=O) groups is 4. The quantitative estimate of drug-likeness (QED) is 0.0304. The minimum atomic E-state index is -1.46. The Hall–Kier alpha value is -5.07. The third kappa shape index (κ3) is 12.5. The number of ether oxygens (including phenoxy) is 3. The van der Waals surface area contributed by atoms with Gasteiger partial charge in [0, 0.05) is 38.4 Å². The Balaban J connectivity index is 1.05. The largest absolute Gasteiger partial charge is 0.491 e. The molecule has 1 aromatic carbocycles. The highest BCUT2D eigenvalue weighted by Crippen LogP contribution is 2.23. The second kappa shape index (κ2) is 20.4. The van der Waals surface area contributed by atoms with Crippen molar-refractivity contribution in [2.75, 3.05) is 26.3 Å². The number of carbonyl (C=O) groups excluding carboxylic acids is 4. The van der Waals surface area contributed by atoms with E-state index in [0.29, 0.717) is 55.4 Å². The topological polar surface area (TPSA) is 256 Å². The van der Waals surface area contributed by atoms with Gasteiger partial charge in [0.2, 0.25) is 17.7 Å². The van der Waals surface area contributed by atoms with Gasteiger partial charge in [-0.2, -0.15) is 0 Å². The number of β-lactam (4-membered cyclic amide) rings is 1. The van der Waals surface area contributed by atoms with Crippen molar-refractivity contribution in [3.05, 3.63) is 53.6 Å². The summed E-state index contributed by atoms with van der Waals surface area (Å²) in [6.45, 7) is 6.20. The smallest absolute Gasteiger partial charge is 0.260 e. The van der Waals surface area contributed by atoms with Gasteiger partial charge in [0.1, 0.15) is 36.4 Å². The molecule has 0 radical (unpaired) electrons. The molecule has 2 aromatic rings. The van der Waals surface area contributed by atoms with Crippen LogP contribution in [0, 0.1) is 5.41 Å². The summed E-state index contributed by atoms with van der Waals surface area (Å²) in [5.41, 5.74) is 6.63. The fourth-order valence-corrected chi connectivity index (χ4v) is 6.11. The zero-order chi connectivity index (χ0) is 39.2. The van der Waals surface area contributed by atoms with Crippen LogP contribution in [0.2, 0.25) is 0 Å². The van der Waals surface area contributed by atoms with Crippen LogP contribution in [0.3, 0.4) is 0 Å². The number of amides is 4. The van der Waals surface area contributed by atoms with E-state index in [1.54, 1.807) is 37.3 Å². The van der Waals surface area contributed by atoms with Gasteiger partial charge in [-0.3, -0.25) is 29.5 Å². The molecule has 8 N–H and O–H groups in total. The third-order valence-electron chi connectivity index (χ3n) is 9.14. The van der Waals surface area contributed by atoms with Crippen molar-refractivity contribution < 1.29 is 43.6 Å². The summed E-state index contributed by atoms with van der Waals surface area (Å²) in [6, 6.07) is 5.30. The number of nitrogens with zero attached hydrogens (tertiary/aromatic N) is 4. The van der Waals surface area contributed by atoms with E-state index in [4.69, 9.17) is 25.4 Å². The fraction of sp³-hybridized carbons (Fsp3) is 0.583. The van der Waals surface area contributed by atoms with Gasteiger partial charge in [-0.05, 0) is 57.0 Å². The van der Waals surface area contributed by atoms with Gasteiger partial charge < -0.3 is 46.1 Å². The first-order chi connectivity index (χ1) is 25.8. The Morgan fingerprint density at radius 2 is 1.85 bits per heavy atom. The molecular weight excluding hydrogens is 702 g/mol. The van der Waals surface area contributed by atoms with Gasteiger partial charge in [-0.15, -0.1) is 5.10 Å². The van der Waals surface area contributed by atoms with Crippen molar-refractivity contribution >= 4 is 29.6 Å². The number of aliphatic hydroxyl groups excluding tert-OH is 2. The normalized spacial score (nSPS) is 19.7. The first kappa shape index (κ1) is 41.7. The van der Waals surface area contributed by atoms with E-state index in [1.807, 2.05) is 10.9 Å². The van der Waals surface area contributed by atoms with Crippen LogP contribution in [0.5, 0.6) is 5.75 Å². The van der Waals surface area contributed by atoms with E-state index in [2.05, 4.69) is 33.2 Å². The zero-order valence-electron chi connectivity index (χ0n) is 31.0. The molecule has 18 heteroatoms. The predicted octanol–water partition coefficient (Wildman–Crippen LogP) is 0.645. The lowest BCUT2D eigenvalue weighted by Crippen LogP contribution is -2.64. The molecule has 6 atom stereocenters. The molecule has 1 saturated heterocycles. The van der Waals surface area contributed by atoms with Crippen molar-refractivity contribution in [2.24, 2.45) is 5.73 Å². The Morgan fingerprint density at radius 3 is 2.52 bits per heavy atom. The number of unbranched alkanes of at least 4 members (excludes halogenated alkanes) is 3. The summed E-state index contributed by atoms with van der Waals surface area (Å²) in [6.07, 6.45) is 4.52. The molecule has 1 aromatic heterocycles. The third-order valence-corrected chi connectivity index (χ3v) is 9.14. The molecule has 0 saturated carbocycles. The van der Waals surface area contributed by atoms with Crippen LogP contribution in [0.1, 0.15) is 87.8 Å². The van der Waals surface area contributed by atoms with Crippen LogP contribution in [0.15, 0.2) is 42.3 Å². The second-order valence-electron chi connectivity index (χ2n) is 13.5. The Labute approximate surface area is 314 Å². The van der Waals surface area contributed by atoms with Gasteiger partial charge in [-0.25, -0.2) is 4.68 Å². The summed E-state index contributed by atoms with van der Waals surface area (Å²) >= 11 is 0. The maximum absolute atomic E-state index is 12.5. The van der Waals surface area contributed by atoms with Crippen LogP contribution in [-0.4, -0.2) is 116 Å². The molecule has 1 fully saturated rings. The molecule has 0 spiro atoms. The number of likely N-dealkylation sites (tertiary alicyclic amines) is 1. The van der Waals surface area contributed by atoms with Gasteiger partial charge in [0.05, 0.1) is 43.3 Å². The molecule has 3 heterocycles. The standard InChI is InChI=1S/C36H53N9O9/c1-22(45-20-26(42-43-45)21-52-16-17-53-27-12-10-25(11-13-27)35(51)44-15-14-31(44)49)8-6-4-5-7-9-30(48)39-19-29(47)33(50)34-32(40-24(3)46)28(41-36(37)38)18-23(2)54-34/h10-13,18,20,22,28-29,32-34,47,50H,4-9,14-17,19,21H2,1-3H3,(H,39,48)(H,40,46)(H4,37,38,41)/t22?,28-,29+,32+,33?,34?/m0/s1. The summed E-state index contributed by atoms with van der Waals surface area (Å²) in [4.78, 5) is 49.3. The van der Waals surface area contributed by atoms with E-state index < -0.39 is 36.3 Å². The average molecular weight is 756 g/mol. The summed E-state index contributed by atoms with van der Waals surface area (Å²) in [5, 5.41) is 45.6. The Bertz CT molecular complexity index is 1620. The molecule has 18 nitrogen and oxygen atoms in total. The second-order valence-corrected chi connectivity index (χ2v) is 13.5. The van der Waals surface area contributed by atoms with Gasteiger partial charge in [0.15, 0.2) is 5.96 Å². The lowest BCUT2D eigenvalue weighted by Gasteiger charge is -2.40. The molecule has 4 rings (SSSR count). The lowest BCUT2D eigenvalue weighted by molar-refractivity contribution is -0.136. The molecular formula is C36H53N9O9. The summed E-state index contributed by atoms with van der Waals surface area (Å²) in [5.74, 6) is -0.414. The van der Waals surface area contributed by atoms with Crippen LogP contribution in [-0.2, 0) is 30.5 Å². The Kier molecular flexibility index (Phi) is 15.7. The number of imide groups is 1. The number of guanidine groups is 1. The minimum Gasteiger partial charge on any atom is -0.491 e. The molecule has 54 heavy (non-hydrogen) atoms. The van der Waals surface area contributed by atoms with Crippen LogP contribution < -0.4 is 26.4 Å². The van der Waals surface area contributed by atoms with Crippen LogP contribution >= 0.6 is 0 Å². The zero-order valence-corrected chi connectivity index (χ0v) is 31.0. The number of aliphatic hydroxyl groups is 2. The van der Waals surface area contributed by atoms with E-state index in [9.17, 15) is 29.4 Å². The van der Waals surface area contributed by atoms with Gasteiger partial charge in [-0.1, -0.05) is 24.5 Å². The summed E-state index contributed by atoms with van der Waals surface area (Å²) in [7, 11) is 0. The first-order valence-electron chi connectivity index (χ1n) is 18.2. The highest BCUT2D eigenvalue weighted by atomic mass is 16.5. The summed E-state index contributed by atoms with van der Waals surface area (Å²) < 4.78 is 18.9.